The van der Waals surface area contributed by atoms with Gasteiger partial charge in [0.2, 0.25) is 0 Å². The van der Waals surface area contributed by atoms with Crippen LogP contribution in [0.1, 0.15) is 34.1 Å². The molecule has 74 valence electrons. The van der Waals surface area contributed by atoms with Crippen LogP contribution in [0, 0.1) is 0 Å². The maximum absolute atomic E-state index is 5.16. The molecule has 0 aliphatic heterocycles. The molecule has 0 aromatic rings. The van der Waals surface area contributed by atoms with Crippen molar-refractivity contribution in [1.29, 1.82) is 0 Å². The number of nitrogens with zero attached hydrogens (tertiary/aromatic N) is 1. The Balaban J connectivity index is 3.64. The highest BCUT2D eigenvalue weighted by Crippen LogP contribution is 2.05. The number of hydrogen-bond acceptors (Lipinski definition) is 2. The van der Waals surface area contributed by atoms with Crippen LogP contribution in [0.15, 0.2) is 0 Å². The average molecular weight is 189 g/mol. The molecule has 0 N–H and O–H groups in total. The number of hydrogen-bond donors (Lipinski definition) is 0. The molecule has 0 rings (SSSR count). The minimum atomic E-state index is 0.652. The van der Waals surface area contributed by atoms with Gasteiger partial charge in [-0.1, -0.05) is 0 Å². The largest absolute Gasteiger partial charge is 0.428 e. The van der Waals surface area contributed by atoms with Gasteiger partial charge in [-0.25, -0.2) is 0 Å². The van der Waals surface area contributed by atoms with Crippen molar-refractivity contribution in [2.75, 3.05) is 13.2 Å². The molecule has 0 fully saturated rings. The molecule has 0 aromatic carbocycles. The van der Waals surface area contributed by atoms with E-state index in [4.69, 9.17) is 4.43 Å². The molecule has 0 radical (unpaired) electrons. The van der Waals surface area contributed by atoms with Crippen LogP contribution in [0.2, 0.25) is 0 Å². The zero-order chi connectivity index (χ0) is 9.56. The van der Waals surface area contributed by atoms with Gasteiger partial charge in [0.1, 0.15) is 10.5 Å². The molecule has 0 spiro atoms. The van der Waals surface area contributed by atoms with Crippen LogP contribution in [0.4, 0.5) is 0 Å². The molecular weight excluding hydrogens is 166 g/mol. The van der Waals surface area contributed by atoms with Crippen LogP contribution < -0.4 is 0 Å². The zero-order valence-electron chi connectivity index (χ0n) is 9.13. The summed E-state index contributed by atoms with van der Waals surface area (Å²) >= 11 is 0. The topological polar surface area (TPSA) is 12.5 Å². The van der Waals surface area contributed by atoms with E-state index in [0.717, 1.165) is 23.6 Å². The van der Waals surface area contributed by atoms with Crippen molar-refractivity contribution in [1.82, 2.24) is 4.90 Å². The van der Waals surface area contributed by atoms with E-state index >= 15 is 0 Å². The maximum Gasteiger partial charge on any atom is 0.145 e. The molecule has 12 heavy (non-hydrogen) atoms. The van der Waals surface area contributed by atoms with Crippen molar-refractivity contribution in [3.8, 4) is 0 Å². The minimum Gasteiger partial charge on any atom is -0.428 e. The van der Waals surface area contributed by atoms with E-state index in [9.17, 15) is 0 Å². The summed E-state index contributed by atoms with van der Waals surface area (Å²) in [4.78, 5) is 2.50. The molecule has 0 amide bonds. The van der Waals surface area contributed by atoms with Crippen molar-refractivity contribution >= 4 is 10.5 Å². The summed E-state index contributed by atoms with van der Waals surface area (Å²) < 4.78 is 5.16. The molecule has 0 unspecified atom stereocenters. The second kappa shape index (κ2) is 6.63. The lowest BCUT2D eigenvalue weighted by Crippen LogP contribution is -2.38. The van der Waals surface area contributed by atoms with Gasteiger partial charge in [-0.05, 0) is 34.1 Å². The second-order valence-electron chi connectivity index (χ2n) is 3.77. The Morgan fingerprint density at radius 2 is 1.67 bits per heavy atom. The first-order chi connectivity index (χ1) is 5.59. The van der Waals surface area contributed by atoms with Crippen LogP contribution in [-0.4, -0.2) is 40.6 Å². The lowest BCUT2D eigenvalue weighted by molar-refractivity contribution is 0.161. The van der Waals surface area contributed by atoms with Gasteiger partial charge in [0.15, 0.2) is 0 Å². The fraction of sp³-hybridized carbons (Fsp3) is 1.00. The first kappa shape index (κ1) is 12.1. The summed E-state index contributed by atoms with van der Waals surface area (Å²) in [5, 5.41) is 0. The summed E-state index contributed by atoms with van der Waals surface area (Å²) in [7, 11) is 0.873. The Labute approximate surface area is 79.8 Å². The average Bonchev–Trinajstić information content (AvgIpc) is 1.96. The first-order valence-corrected chi connectivity index (χ1v) is 5.66. The van der Waals surface area contributed by atoms with E-state index in [1.54, 1.807) is 0 Å². The van der Waals surface area contributed by atoms with E-state index in [1.165, 1.54) is 6.42 Å². The number of rotatable bonds is 6. The third-order valence-electron chi connectivity index (χ3n) is 2.09. The predicted molar refractivity (Wildman–Crippen MR) is 57.5 cm³/mol. The van der Waals surface area contributed by atoms with Gasteiger partial charge in [-0.3, -0.25) is 4.90 Å². The fourth-order valence-electron chi connectivity index (χ4n) is 1.50. The van der Waals surface area contributed by atoms with E-state index in [-0.39, 0.29) is 0 Å². The molecule has 0 aliphatic carbocycles. The molecule has 0 heterocycles. The molecule has 0 atom stereocenters. The van der Waals surface area contributed by atoms with Crippen LogP contribution >= 0.6 is 0 Å². The molecule has 0 aliphatic rings. The van der Waals surface area contributed by atoms with Gasteiger partial charge in [-0.2, -0.15) is 0 Å². The highest BCUT2D eigenvalue weighted by atomic mass is 28.2. The van der Waals surface area contributed by atoms with Gasteiger partial charge >= 0.3 is 0 Å². The quantitative estimate of drug-likeness (QED) is 0.452. The molecule has 0 bridgehead atoms. The lowest BCUT2D eigenvalue weighted by Gasteiger charge is -2.30. The lowest BCUT2D eigenvalue weighted by atomic mass is 10.2. The summed E-state index contributed by atoms with van der Waals surface area (Å²) in [6.07, 6.45) is 1.17. The second-order valence-corrected chi connectivity index (χ2v) is 4.35. The first-order valence-electron chi connectivity index (χ1n) is 4.84. The highest BCUT2D eigenvalue weighted by Gasteiger charge is 2.11. The zero-order valence-corrected chi connectivity index (χ0v) is 11.1. The smallest absolute Gasteiger partial charge is 0.145 e. The molecule has 2 nitrogen and oxygen atoms in total. The summed E-state index contributed by atoms with van der Waals surface area (Å²) in [5.41, 5.74) is 0. The SMILES string of the molecule is CC(C)N(CCCO[SiH3])C(C)C. The highest BCUT2D eigenvalue weighted by molar-refractivity contribution is 5.97. The standard InChI is InChI=1S/C9H23NOSi/c1-8(2)10(9(3)4)6-5-7-11-12/h8-9H,5-7H2,1-4,12H3. The Hall–Kier alpha value is 0.137. The van der Waals surface area contributed by atoms with Crippen LogP contribution in [0.3, 0.4) is 0 Å². The maximum atomic E-state index is 5.16. The summed E-state index contributed by atoms with van der Waals surface area (Å²) in [5.74, 6) is 0. The van der Waals surface area contributed by atoms with E-state index in [0.29, 0.717) is 12.1 Å². The van der Waals surface area contributed by atoms with Crippen molar-refractivity contribution in [3.05, 3.63) is 0 Å². The summed E-state index contributed by atoms with van der Waals surface area (Å²) in [6, 6.07) is 1.30. The van der Waals surface area contributed by atoms with E-state index in [2.05, 4.69) is 32.6 Å². The third-order valence-corrected chi connectivity index (χ3v) is 2.50. The predicted octanol–water partition coefficient (Wildman–Crippen LogP) is 0.792. The Morgan fingerprint density at radius 3 is 2.00 bits per heavy atom. The van der Waals surface area contributed by atoms with Crippen LogP contribution in [-0.2, 0) is 4.43 Å². The van der Waals surface area contributed by atoms with Gasteiger partial charge in [0.25, 0.3) is 0 Å². The Morgan fingerprint density at radius 1 is 1.17 bits per heavy atom. The third kappa shape index (κ3) is 4.90. The van der Waals surface area contributed by atoms with Crippen LogP contribution in [0.5, 0.6) is 0 Å². The molecule has 3 heteroatoms. The normalized spacial score (nSPS) is 12.2. The molecule has 0 saturated heterocycles. The minimum absolute atomic E-state index is 0.652. The Bertz CT molecular complexity index is 98.7. The van der Waals surface area contributed by atoms with Crippen molar-refractivity contribution < 1.29 is 4.43 Å². The van der Waals surface area contributed by atoms with Crippen molar-refractivity contribution in [2.45, 2.75) is 46.2 Å². The van der Waals surface area contributed by atoms with Gasteiger partial charge in [0.05, 0.1) is 0 Å². The van der Waals surface area contributed by atoms with Crippen molar-refractivity contribution in [2.24, 2.45) is 0 Å². The van der Waals surface area contributed by atoms with Crippen molar-refractivity contribution in [3.63, 3.8) is 0 Å². The van der Waals surface area contributed by atoms with Crippen LogP contribution in [0.25, 0.3) is 0 Å². The van der Waals surface area contributed by atoms with E-state index < -0.39 is 0 Å². The summed E-state index contributed by atoms with van der Waals surface area (Å²) in [6.45, 7) is 11.1. The monoisotopic (exact) mass is 189 g/mol. The molecular formula is C9H23NOSi. The molecule has 0 aromatic heterocycles. The van der Waals surface area contributed by atoms with E-state index in [1.807, 2.05) is 0 Å². The molecule has 0 saturated carbocycles. The van der Waals surface area contributed by atoms with Gasteiger partial charge < -0.3 is 4.43 Å². The van der Waals surface area contributed by atoms with Gasteiger partial charge in [0, 0.05) is 25.2 Å². The Kier molecular flexibility index (Phi) is 6.71. The van der Waals surface area contributed by atoms with Gasteiger partial charge in [-0.15, -0.1) is 0 Å². The fourth-order valence-corrected chi connectivity index (χ4v) is 1.79.